The molecule has 99 valence electrons. The molecule has 1 radical (unpaired) electrons. The predicted octanol–water partition coefficient (Wildman–Crippen LogP) is 2.69. The van der Waals surface area contributed by atoms with Gasteiger partial charge in [-0.15, -0.1) is 0 Å². The van der Waals surface area contributed by atoms with Crippen LogP contribution in [-0.4, -0.2) is 36.6 Å². The van der Waals surface area contributed by atoms with Crippen LogP contribution in [0, 0.1) is 6.07 Å². The van der Waals surface area contributed by atoms with Crippen LogP contribution < -0.4 is 5.32 Å². The number of benzene rings is 1. The SMILES string of the molecule is CC[N+](CC)(CC)CCC(=O)Nc1cc[c]cc1. The first-order valence-electron chi connectivity index (χ1n) is 6.77. The summed E-state index contributed by atoms with van der Waals surface area (Å²) in [6, 6.07) is 10.3. The fourth-order valence-electron chi connectivity index (χ4n) is 2.18. The second kappa shape index (κ2) is 7.17. The third-order valence-electron chi connectivity index (χ3n) is 3.83. The number of carbonyl (C=O) groups is 1. The van der Waals surface area contributed by atoms with E-state index in [0.29, 0.717) is 6.42 Å². The fourth-order valence-corrected chi connectivity index (χ4v) is 2.18. The molecular weight excluding hydrogens is 224 g/mol. The summed E-state index contributed by atoms with van der Waals surface area (Å²) in [7, 11) is 0. The largest absolute Gasteiger partial charge is 0.326 e. The average molecular weight is 248 g/mol. The van der Waals surface area contributed by atoms with E-state index in [9.17, 15) is 4.79 Å². The standard InChI is InChI=1S/C15H23N2O/c1-4-17(5-2,6-3)13-12-15(18)16-14-10-8-7-9-11-14/h8-11H,4-6,12-13H2,1-3H3/p+1. The van der Waals surface area contributed by atoms with Gasteiger partial charge in [0.15, 0.2) is 0 Å². The number of carbonyl (C=O) groups excluding carboxylic acids is 1. The van der Waals surface area contributed by atoms with Crippen molar-refractivity contribution in [1.29, 1.82) is 0 Å². The highest BCUT2D eigenvalue weighted by Crippen LogP contribution is 2.09. The maximum Gasteiger partial charge on any atom is 0.230 e. The lowest BCUT2D eigenvalue weighted by Crippen LogP contribution is -2.49. The van der Waals surface area contributed by atoms with Crippen LogP contribution in [0.2, 0.25) is 0 Å². The summed E-state index contributed by atoms with van der Waals surface area (Å²) in [5.41, 5.74) is 0.848. The minimum absolute atomic E-state index is 0.0963. The van der Waals surface area contributed by atoms with E-state index in [1.807, 2.05) is 12.1 Å². The summed E-state index contributed by atoms with van der Waals surface area (Å²) in [6.45, 7) is 10.7. The van der Waals surface area contributed by atoms with Crippen molar-refractivity contribution in [2.24, 2.45) is 0 Å². The van der Waals surface area contributed by atoms with Gasteiger partial charge >= 0.3 is 0 Å². The first-order chi connectivity index (χ1) is 8.65. The molecule has 1 rings (SSSR count). The highest BCUT2D eigenvalue weighted by molar-refractivity contribution is 5.90. The van der Waals surface area contributed by atoms with Crippen LogP contribution in [0.3, 0.4) is 0 Å². The lowest BCUT2D eigenvalue weighted by molar-refractivity contribution is -0.922. The molecular formula is C15H24N2O+. The number of hydrogen-bond donors (Lipinski definition) is 1. The molecule has 0 spiro atoms. The van der Waals surface area contributed by atoms with Crippen molar-refractivity contribution >= 4 is 11.6 Å². The normalized spacial score (nSPS) is 11.3. The summed E-state index contributed by atoms with van der Waals surface area (Å²) in [5.74, 6) is 0.0963. The molecule has 0 saturated heterocycles. The summed E-state index contributed by atoms with van der Waals surface area (Å²) in [5, 5.41) is 2.92. The molecule has 1 aromatic rings. The molecule has 0 aliphatic carbocycles. The van der Waals surface area contributed by atoms with Crippen LogP contribution in [0.25, 0.3) is 0 Å². The van der Waals surface area contributed by atoms with E-state index in [2.05, 4.69) is 32.2 Å². The molecule has 1 amide bonds. The van der Waals surface area contributed by atoms with Gasteiger partial charge in [-0.1, -0.05) is 12.1 Å². The third kappa shape index (κ3) is 4.15. The van der Waals surface area contributed by atoms with Crippen molar-refractivity contribution in [3.8, 4) is 0 Å². The molecule has 3 nitrogen and oxygen atoms in total. The first kappa shape index (κ1) is 14.7. The van der Waals surface area contributed by atoms with Crippen molar-refractivity contribution < 1.29 is 9.28 Å². The topological polar surface area (TPSA) is 29.1 Å². The Morgan fingerprint density at radius 2 is 1.72 bits per heavy atom. The number of nitrogens with zero attached hydrogens (tertiary/aromatic N) is 1. The number of rotatable bonds is 7. The lowest BCUT2D eigenvalue weighted by Gasteiger charge is -2.35. The third-order valence-corrected chi connectivity index (χ3v) is 3.83. The zero-order chi connectivity index (χ0) is 13.4. The number of nitrogens with one attached hydrogen (secondary N) is 1. The molecule has 0 atom stereocenters. The summed E-state index contributed by atoms with van der Waals surface area (Å²) in [4.78, 5) is 11.9. The van der Waals surface area contributed by atoms with E-state index < -0.39 is 0 Å². The molecule has 18 heavy (non-hydrogen) atoms. The molecule has 0 fully saturated rings. The molecule has 1 N–H and O–H groups in total. The predicted molar refractivity (Wildman–Crippen MR) is 75.3 cm³/mol. The minimum atomic E-state index is 0.0963. The zero-order valence-electron chi connectivity index (χ0n) is 11.7. The van der Waals surface area contributed by atoms with Crippen molar-refractivity contribution in [2.75, 3.05) is 31.5 Å². The quantitative estimate of drug-likeness (QED) is 0.739. The Morgan fingerprint density at radius 3 is 2.22 bits per heavy atom. The van der Waals surface area contributed by atoms with Crippen molar-refractivity contribution in [3.05, 3.63) is 30.3 Å². The monoisotopic (exact) mass is 248 g/mol. The highest BCUT2D eigenvalue weighted by atomic mass is 16.1. The van der Waals surface area contributed by atoms with E-state index in [1.165, 1.54) is 0 Å². The molecule has 0 unspecified atom stereocenters. The van der Waals surface area contributed by atoms with E-state index in [1.54, 1.807) is 12.1 Å². The molecule has 0 bridgehead atoms. The molecule has 0 aromatic heterocycles. The summed E-state index contributed by atoms with van der Waals surface area (Å²) < 4.78 is 1.01. The van der Waals surface area contributed by atoms with Gasteiger partial charge in [0, 0.05) is 5.69 Å². The molecule has 1 aromatic carbocycles. The number of quaternary nitrogens is 1. The molecule has 0 aliphatic rings. The van der Waals surface area contributed by atoms with Gasteiger partial charge in [-0.05, 0) is 39.0 Å². The van der Waals surface area contributed by atoms with Gasteiger partial charge in [0.05, 0.1) is 32.6 Å². The van der Waals surface area contributed by atoms with Crippen molar-refractivity contribution in [3.63, 3.8) is 0 Å². The Bertz CT molecular complexity index is 350. The maximum atomic E-state index is 11.9. The van der Waals surface area contributed by atoms with Gasteiger partial charge < -0.3 is 9.80 Å². The smallest absolute Gasteiger partial charge is 0.230 e. The van der Waals surface area contributed by atoms with Gasteiger partial charge in [0.25, 0.3) is 0 Å². The first-order valence-corrected chi connectivity index (χ1v) is 6.77. The maximum absolute atomic E-state index is 11.9. The molecule has 3 heteroatoms. The Labute approximate surface area is 110 Å². The van der Waals surface area contributed by atoms with E-state index in [4.69, 9.17) is 0 Å². The van der Waals surface area contributed by atoms with Crippen LogP contribution in [0.5, 0.6) is 0 Å². The Hall–Kier alpha value is -1.35. The fraction of sp³-hybridized carbons (Fsp3) is 0.533. The summed E-state index contributed by atoms with van der Waals surface area (Å²) >= 11 is 0. The molecule has 0 aliphatic heterocycles. The van der Waals surface area contributed by atoms with Gasteiger partial charge in [-0.25, -0.2) is 0 Å². The van der Waals surface area contributed by atoms with E-state index in [0.717, 1.165) is 36.3 Å². The number of anilines is 1. The van der Waals surface area contributed by atoms with Crippen LogP contribution >= 0.6 is 0 Å². The van der Waals surface area contributed by atoms with Gasteiger partial charge in [0.1, 0.15) is 0 Å². The van der Waals surface area contributed by atoms with Crippen LogP contribution in [0.15, 0.2) is 24.3 Å². The van der Waals surface area contributed by atoms with Gasteiger partial charge in [-0.2, -0.15) is 0 Å². The zero-order valence-corrected chi connectivity index (χ0v) is 11.7. The Morgan fingerprint density at radius 1 is 1.17 bits per heavy atom. The minimum Gasteiger partial charge on any atom is -0.326 e. The molecule has 0 heterocycles. The van der Waals surface area contributed by atoms with Gasteiger partial charge in [-0.3, -0.25) is 4.79 Å². The molecule has 0 saturated carbocycles. The highest BCUT2D eigenvalue weighted by Gasteiger charge is 2.21. The van der Waals surface area contributed by atoms with Crippen LogP contribution in [0.1, 0.15) is 27.2 Å². The van der Waals surface area contributed by atoms with E-state index in [-0.39, 0.29) is 5.91 Å². The summed E-state index contributed by atoms with van der Waals surface area (Å²) in [6.07, 6.45) is 0.578. The average Bonchev–Trinajstić information content (AvgIpc) is 2.42. The van der Waals surface area contributed by atoms with Gasteiger partial charge in [0.2, 0.25) is 5.91 Å². The second-order valence-corrected chi connectivity index (χ2v) is 4.60. The van der Waals surface area contributed by atoms with Crippen LogP contribution in [0.4, 0.5) is 5.69 Å². The Kier molecular flexibility index (Phi) is 5.86. The second-order valence-electron chi connectivity index (χ2n) is 4.60. The van der Waals surface area contributed by atoms with Crippen molar-refractivity contribution in [1.82, 2.24) is 0 Å². The Balaban J connectivity index is 2.46. The van der Waals surface area contributed by atoms with Crippen molar-refractivity contribution in [2.45, 2.75) is 27.2 Å². The number of amides is 1. The number of hydrogen-bond acceptors (Lipinski definition) is 1. The van der Waals surface area contributed by atoms with E-state index >= 15 is 0 Å². The lowest BCUT2D eigenvalue weighted by atomic mass is 10.2. The van der Waals surface area contributed by atoms with Crippen LogP contribution in [-0.2, 0) is 4.79 Å².